The molecule has 1 atom stereocenters. The van der Waals surface area contributed by atoms with Crippen LogP contribution in [0.25, 0.3) is 11.2 Å². The summed E-state index contributed by atoms with van der Waals surface area (Å²) in [5.74, 6) is 1.38. The molecule has 0 radical (unpaired) electrons. The molecule has 4 rings (SSSR count). The molecular formula is C19H21N5O. The summed E-state index contributed by atoms with van der Waals surface area (Å²) in [4.78, 5) is 27.9. The van der Waals surface area contributed by atoms with Gasteiger partial charge in [-0.25, -0.2) is 9.97 Å². The van der Waals surface area contributed by atoms with Crippen molar-refractivity contribution in [2.75, 3.05) is 13.1 Å². The molecule has 128 valence electrons. The standard InChI is InChI=1S/C19H21N5O/c1-2-11-24-17(22-16-4-3-8-21-18(16)24)15-7-12-23(13-15)19(25)14-5-9-20-10-6-14/h3-6,8-10,15H,2,7,11-13H2,1H3. The van der Waals surface area contributed by atoms with Gasteiger partial charge in [0.15, 0.2) is 5.65 Å². The van der Waals surface area contributed by atoms with Gasteiger partial charge in [-0.15, -0.1) is 0 Å². The normalized spacial score (nSPS) is 17.3. The van der Waals surface area contributed by atoms with Gasteiger partial charge in [-0.1, -0.05) is 6.92 Å². The smallest absolute Gasteiger partial charge is 0.253 e. The van der Waals surface area contributed by atoms with Crippen LogP contribution in [0, 0.1) is 0 Å². The van der Waals surface area contributed by atoms with Gasteiger partial charge in [-0.05, 0) is 37.1 Å². The lowest BCUT2D eigenvalue weighted by Gasteiger charge is -2.17. The first-order valence-corrected chi connectivity index (χ1v) is 8.78. The number of likely N-dealkylation sites (tertiary alicyclic amines) is 1. The molecule has 4 heterocycles. The minimum absolute atomic E-state index is 0.0705. The molecule has 1 unspecified atom stereocenters. The average molecular weight is 335 g/mol. The Bertz CT molecular complexity index is 889. The molecule has 3 aromatic rings. The molecule has 0 saturated carbocycles. The van der Waals surface area contributed by atoms with E-state index >= 15 is 0 Å². The van der Waals surface area contributed by atoms with Crippen LogP contribution in [0.3, 0.4) is 0 Å². The van der Waals surface area contributed by atoms with Gasteiger partial charge < -0.3 is 9.47 Å². The highest BCUT2D eigenvalue weighted by Gasteiger charge is 2.31. The zero-order chi connectivity index (χ0) is 17.2. The van der Waals surface area contributed by atoms with E-state index in [1.807, 2.05) is 23.2 Å². The summed E-state index contributed by atoms with van der Waals surface area (Å²) in [6, 6.07) is 7.47. The van der Waals surface area contributed by atoms with Crippen LogP contribution in [0.15, 0.2) is 42.9 Å². The average Bonchev–Trinajstić information content (AvgIpc) is 3.27. The molecule has 6 nitrogen and oxygen atoms in total. The van der Waals surface area contributed by atoms with E-state index in [0.29, 0.717) is 12.1 Å². The van der Waals surface area contributed by atoms with Crippen LogP contribution in [0.5, 0.6) is 0 Å². The number of aromatic nitrogens is 4. The number of hydrogen-bond donors (Lipinski definition) is 0. The fraction of sp³-hybridized carbons (Fsp3) is 0.368. The second-order valence-corrected chi connectivity index (χ2v) is 6.44. The number of amides is 1. The lowest BCUT2D eigenvalue weighted by Crippen LogP contribution is -2.28. The predicted molar refractivity (Wildman–Crippen MR) is 95.3 cm³/mol. The molecule has 0 aliphatic carbocycles. The molecule has 0 bridgehead atoms. The van der Waals surface area contributed by atoms with Gasteiger partial charge in [0, 0.05) is 49.7 Å². The second-order valence-electron chi connectivity index (χ2n) is 6.44. The molecular weight excluding hydrogens is 314 g/mol. The first-order chi connectivity index (χ1) is 12.3. The van der Waals surface area contributed by atoms with Gasteiger partial charge in [-0.2, -0.15) is 0 Å². The first-order valence-electron chi connectivity index (χ1n) is 8.78. The molecule has 0 aromatic carbocycles. The third-order valence-electron chi connectivity index (χ3n) is 4.75. The van der Waals surface area contributed by atoms with Gasteiger partial charge in [0.1, 0.15) is 11.3 Å². The summed E-state index contributed by atoms with van der Waals surface area (Å²) < 4.78 is 2.22. The Balaban J connectivity index is 1.60. The topological polar surface area (TPSA) is 63.9 Å². The lowest BCUT2D eigenvalue weighted by molar-refractivity contribution is 0.0790. The SMILES string of the molecule is CCCn1c(C2CCN(C(=O)c3ccncc3)C2)nc2cccnc21. The van der Waals surface area contributed by atoms with Gasteiger partial charge in [0.05, 0.1) is 0 Å². The maximum Gasteiger partial charge on any atom is 0.253 e. The Hall–Kier alpha value is -2.76. The molecule has 1 aliphatic rings. The Labute approximate surface area is 146 Å². The summed E-state index contributed by atoms with van der Waals surface area (Å²) in [5, 5.41) is 0. The minimum atomic E-state index is 0.0705. The number of hydrogen-bond acceptors (Lipinski definition) is 4. The van der Waals surface area contributed by atoms with E-state index in [0.717, 1.165) is 42.9 Å². The monoisotopic (exact) mass is 335 g/mol. The van der Waals surface area contributed by atoms with Crippen LogP contribution in [0.4, 0.5) is 0 Å². The van der Waals surface area contributed by atoms with Crippen molar-refractivity contribution < 1.29 is 4.79 Å². The second kappa shape index (κ2) is 6.63. The zero-order valence-electron chi connectivity index (χ0n) is 14.3. The highest BCUT2D eigenvalue weighted by molar-refractivity contribution is 5.94. The number of pyridine rings is 2. The van der Waals surface area contributed by atoms with E-state index in [9.17, 15) is 4.79 Å². The third-order valence-corrected chi connectivity index (χ3v) is 4.75. The quantitative estimate of drug-likeness (QED) is 0.735. The van der Waals surface area contributed by atoms with Gasteiger partial charge in [-0.3, -0.25) is 9.78 Å². The van der Waals surface area contributed by atoms with Gasteiger partial charge in [0.25, 0.3) is 5.91 Å². The summed E-state index contributed by atoms with van der Waals surface area (Å²) >= 11 is 0. The van der Waals surface area contributed by atoms with Crippen LogP contribution in [0.2, 0.25) is 0 Å². The lowest BCUT2D eigenvalue weighted by atomic mass is 10.1. The van der Waals surface area contributed by atoms with Crippen molar-refractivity contribution in [3.8, 4) is 0 Å². The van der Waals surface area contributed by atoms with E-state index in [4.69, 9.17) is 4.98 Å². The Morgan fingerprint density at radius 3 is 2.88 bits per heavy atom. The third kappa shape index (κ3) is 2.88. The minimum Gasteiger partial charge on any atom is -0.338 e. The number of aryl methyl sites for hydroxylation is 1. The first kappa shape index (κ1) is 15.7. The van der Waals surface area contributed by atoms with Crippen molar-refractivity contribution >= 4 is 17.1 Å². The van der Waals surface area contributed by atoms with Crippen molar-refractivity contribution in [2.45, 2.75) is 32.2 Å². The van der Waals surface area contributed by atoms with E-state index in [-0.39, 0.29) is 11.8 Å². The number of carbonyl (C=O) groups excluding carboxylic acids is 1. The van der Waals surface area contributed by atoms with Crippen molar-refractivity contribution in [3.05, 3.63) is 54.2 Å². The van der Waals surface area contributed by atoms with E-state index < -0.39 is 0 Å². The maximum atomic E-state index is 12.7. The van der Waals surface area contributed by atoms with Crippen LogP contribution in [-0.4, -0.2) is 43.4 Å². The maximum absolute atomic E-state index is 12.7. The molecule has 0 spiro atoms. The summed E-state index contributed by atoms with van der Waals surface area (Å²) in [7, 11) is 0. The highest BCUT2D eigenvalue weighted by atomic mass is 16.2. The molecule has 25 heavy (non-hydrogen) atoms. The number of imidazole rings is 1. The van der Waals surface area contributed by atoms with Crippen LogP contribution in [-0.2, 0) is 6.54 Å². The molecule has 0 N–H and O–H groups in total. The van der Waals surface area contributed by atoms with Gasteiger partial charge >= 0.3 is 0 Å². The van der Waals surface area contributed by atoms with Crippen LogP contribution < -0.4 is 0 Å². The van der Waals surface area contributed by atoms with E-state index in [1.54, 1.807) is 24.5 Å². The molecule has 6 heteroatoms. The number of fused-ring (bicyclic) bond motifs is 1. The Morgan fingerprint density at radius 2 is 2.08 bits per heavy atom. The summed E-state index contributed by atoms with van der Waals surface area (Å²) in [6.45, 7) is 4.52. The predicted octanol–water partition coefficient (Wildman–Crippen LogP) is 2.87. The molecule has 1 fully saturated rings. The summed E-state index contributed by atoms with van der Waals surface area (Å²) in [5.41, 5.74) is 2.57. The summed E-state index contributed by atoms with van der Waals surface area (Å²) in [6.07, 6.45) is 7.10. The van der Waals surface area contributed by atoms with Crippen molar-refractivity contribution in [1.82, 2.24) is 24.4 Å². The molecule has 1 amide bonds. The van der Waals surface area contributed by atoms with E-state index in [1.165, 1.54) is 0 Å². The van der Waals surface area contributed by atoms with Crippen molar-refractivity contribution in [2.24, 2.45) is 0 Å². The number of carbonyl (C=O) groups is 1. The number of nitrogens with zero attached hydrogens (tertiary/aromatic N) is 5. The van der Waals surface area contributed by atoms with Gasteiger partial charge in [0.2, 0.25) is 0 Å². The molecule has 3 aromatic heterocycles. The van der Waals surface area contributed by atoms with Crippen molar-refractivity contribution in [3.63, 3.8) is 0 Å². The van der Waals surface area contributed by atoms with Crippen LogP contribution in [0.1, 0.15) is 41.9 Å². The highest BCUT2D eigenvalue weighted by Crippen LogP contribution is 2.30. The zero-order valence-corrected chi connectivity index (χ0v) is 14.3. The number of rotatable bonds is 4. The Kier molecular flexibility index (Phi) is 4.17. The molecule has 1 aliphatic heterocycles. The van der Waals surface area contributed by atoms with Crippen molar-refractivity contribution in [1.29, 1.82) is 0 Å². The largest absolute Gasteiger partial charge is 0.338 e. The molecule has 1 saturated heterocycles. The fourth-order valence-corrected chi connectivity index (χ4v) is 3.56. The van der Waals surface area contributed by atoms with Crippen LogP contribution >= 0.6 is 0 Å². The Morgan fingerprint density at radius 1 is 1.24 bits per heavy atom. The van der Waals surface area contributed by atoms with E-state index in [2.05, 4.69) is 21.5 Å². The fourth-order valence-electron chi connectivity index (χ4n) is 3.56.